The SMILES string of the molecule is CCc1ccccc1Oc1cnc(C(C)C)nc1CO. The molecule has 0 aliphatic heterocycles. The van der Waals surface area contributed by atoms with Crippen LogP contribution in [0.3, 0.4) is 0 Å². The highest BCUT2D eigenvalue weighted by Crippen LogP contribution is 2.28. The highest BCUT2D eigenvalue weighted by atomic mass is 16.5. The van der Waals surface area contributed by atoms with Gasteiger partial charge in [0.05, 0.1) is 12.8 Å². The zero-order valence-electron chi connectivity index (χ0n) is 12.1. The summed E-state index contributed by atoms with van der Waals surface area (Å²) in [6, 6.07) is 7.85. The molecule has 0 aliphatic rings. The Morgan fingerprint density at radius 1 is 1.20 bits per heavy atom. The second-order valence-corrected chi connectivity index (χ2v) is 4.92. The maximum absolute atomic E-state index is 9.46. The van der Waals surface area contributed by atoms with Crippen LogP contribution in [0.15, 0.2) is 30.5 Å². The molecule has 0 amide bonds. The van der Waals surface area contributed by atoms with E-state index in [1.807, 2.05) is 38.1 Å². The second-order valence-electron chi connectivity index (χ2n) is 4.92. The number of ether oxygens (including phenoxy) is 1. The molecule has 0 atom stereocenters. The van der Waals surface area contributed by atoms with Crippen molar-refractivity contribution in [3.8, 4) is 11.5 Å². The summed E-state index contributed by atoms with van der Waals surface area (Å²) in [7, 11) is 0. The summed E-state index contributed by atoms with van der Waals surface area (Å²) in [6.45, 7) is 5.95. The van der Waals surface area contributed by atoms with E-state index in [1.165, 1.54) is 0 Å². The van der Waals surface area contributed by atoms with E-state index in [0.717, 1.165) is 17.7 Å². The van der Waals surface area contributed by atoms with Crippen LogP contribution >= 0.6 is 0 Å². The van der Waals surface area contributed by atoms with Crippen LogP contribution in [0.1, 0.15) is 43.8 Å². The van der Waals surface area contributed by atoms with Crippen LogP contribution in [-0.2, 0) is 13.0 Å². The molecule has 0 fully saturated rings. The van der Waals surface area contributed by atoms with E-state index in [-0.39, 0.29) is 12.5 Å². The van der Waals surface area contributed by atoms with Crippen LogP contribution in [0.2, 0.25) is 0 Å². The lowest BCUT2D eigenvalue weighted by Gasteiger charge is -2.13. The summed E-state index contributed by atoms with van der Waals surface area (Å²) in [5.74, 6) is 2.23. The van der Waals surface area contributed by atoms with Crippen molar-refractivity contribution in [3.05, 3.63) is 47.5 Å². The third-order valence-electron chi connectivity index (χ3n) is 3.09. The molecule has 2 rings (SSSR count). The minimum atomic E-state index is -0.161. The van der Waals surface area contributed by atoms with Crippen molar-refractivity contribution in [3.63, 3.8) is 0 Å². The van der Waals surface area contributed by atoms with Gasteiger partial charge in [-0.1, -0.05) is 39.0 Å². The number of aryl methyl sites for hydroxylation is 1. The third-order valence-corrected chi connectivity index (χ3v) is 3.09. The molecule has 4 heteroatoms. The molecule has 0 unspecified atom stereocenters. The number of hydrogen-bond donors (Lipinski definition) is 1. The molecule has 1 heterocycles. The number of nitrogens with zero attached hydrogens (tertiary/aromatic N) is 2. The first kappa shape index (κ1) is 14.5. The molecule has 20 heavy (non-hydrogen) atoms. The van der Waals surface area contributed by atoms with Gasteiger partial charge in [-0.3, -0.25) is 0 Å². The lowest BCUT2D eigenvalue weighted by Crippen LogP contribution is -2.04. The maximum atomic E-state index is 9.46. The molecule has 0 saturated heterocycles. The number of hydrogen-bond acceptors (Lipinski definition) is 4. The molecule has 0 bridgehead atoms. The Labute approximate surface area is 119 Å². The third kappa shape index (κ3) is 3.14. The Morgan fingerprint density at radius 3 is 2.60 bits per heavy atom. The molecule has 0 radical (unpaired) electrons. The smallest absolute Gasteiger partial charge is 0.169 e. The average molecular weight is 272 g/mol. The molecule has 1 aromatic carbocycles. The first-order valence-electron chi connectivity index (χ1n) is 6.88. The molecular formula is C16H20N2O2. The van der Waals surface area contributed by atoms with Gasteiger partial charge in [-0.15, -0.1) is 0 Å². The van der Waals surface area contributed by atoms with E-state index in [2.05, 4.69) is 16.9 Å². The predicted octanol–water partition coefficient (Wildman–Crippen LogP) is 3.45. The van der Waals surface area contributed by atoms with Gasteiger partial charge < -0.3 is 9.84 Å². The number of benzene rings is 1. The van der Waals surface area contributed by atoms with Crippen LogP contribution in [0, 0.1) is 0 Å². The van der Waals surface area contributed by atoms with E-state index in [4.69, 9.17) is 4.74 Å². The minimum absolute atomic E-state index is 0.161. The Morgan fingerprint density at radius 2 is 1.95 bits per heavy atom. The molecule has 106 valence electrons. The normalized spacial score (nSPS) is 10.8. The molecule has 0 saturated carbocycles. The summed E-state index contributed by atoms with van der Waals surface area (Å²) < 4.78 is 5.87. The van der Waals surface area contributed by atoms with Gasteiger partial charge in [-0.25, -0.2) is 9.97 Å². The van der Waals surface area contributed by atoms with Crippen molar-refractivity contribution >= 4 is 0 Å². The van der Waals surface area contributed by atoms with E-state index >= 15 is 0 Å². The van der Waals surface area contributed by atoms with Gasteiger partial charge in [0.1, 0.15) is 17.3 Å². The first-order valence-corrected chi connectivity index (χ1v) is 6.88. The van der Waals surface area contributed by atoms with Crippen molar-refractivity contribution in [2.24, 2.45) is 0 Å². The Balaban J connectivity index is 2.33. The van der Waals surface area contributed by atoms with Gasteiger partial charge in [-0.05, 0) is 18.1 Å². The zero-order valence-corrected chi connectivity index (χ0v) is 12.1. The predicted molar refractivity (Wildman–Crippen MR) is 77.9 cm³/mol. The highest BCUT2D eigenvalue weighted by Gasteiger charge is 2.12. The van der Waals surface area contributed by atoms with Crippen molar-refractivity contribution < 1.29 is 9.84 Å². The van der Waals surface area contributed by atoms with Gasteiger partial charge in [0.2, 0.25) is 0 Å². The van der Waals surface area contributed by atoms with Crippen LogP contribution < -0.4 is 4.74 Å². The number of aliphatic hydroxyl groups is 1. The Hall–Kier alpha value is -1.94. The molecule has 2 aromatic rings. The van der Waals surface area contributed by atoms with Crippen molar-refractivity contribution in [2.75, 3.05) is 0 Å². The van der Waals surface area contributed by atoms with Crippen molar-refractivity contribution in [1.29, 1.82) is 0 Å². The Kier molecular flexibility index (Phi) is 4.69. The summed E-state index contributed by atoms with van der Waals surface area (Å²) in [4.78, 5) is 8.65. The van der Waals surface area contributed by atoms with E-state index < -0.39 is 0 Å². The molecule has 1 aromatic heterocycles. The molecular weight excluding hydrogens is 252 g/mol. The second kappa shape index (κ2) is 6.48. The topological polar surface area (TPSA) is 55.2 Å². The summed E-state index contributed by atoms with van der Waals surface area (Å²) in [5.41, 5.74) is 1.64. The summed E-state index contributed by atoms with van der Waals surface area (Å²) in [6.07, 6.45) is 2.52. The largest absolute Gasteiger partial charge is 0.453 e. The van der Waals surface area contributed by atoms with Crippen molar-refractivity contribution in [1.82, 2.24) is 9.97 Å². The average Bonchev–Trinajstić information content (AvgIpc) is 2.48. The number of aliphatic hydroxyl groups excluding tert-OH is 1. The quantitative estimate of drug-likeness (QED) is 0.905. The Bertz CT molecular complexity index is 582. The lowest BCUT2D eigenvalue weighted by molar-refractivity contribution is 0.269. The first-order chi connectivity index (χ1) is 9.65. The van der Waals surface area contributed by atoms with E-state index in [1.54, 1.807) is 6.20 Å². The number of aromatic nitrogens is 2. The fourth-order valence-electron chi connectivity index (χ4n) is 1.91. The van der Waals surface area contributed by atoms with Gasteiger partial charge in [0.25, 0.3) is 0 Å². The van der Waals surface area contributed by atoms with E-state index in [9.17, 15) is 5.11 Å². The van der Waals surface area contributed by atoms with Crippen molar-refractivity contribution in [2.45, 2.75) is 39.7 Å². The summed E-state index contributed by atoms with van der Waals surface area (Å²) >= 11 is 0. The van der Waals surface area contributed by atoms with Gasteiger partial charge >= 0.3 is 0 Å². The van der Waals surface area contributed by atoms with E-state index in [0.29, 0.717) is 17.3 Å². The zero-order chi connectivity index (χ0) is 14.5. The number of para-hydroxylation sites is 1. The summed E-state index contributed by atoms with van der Waals surface area (Å²) in [5, 5.41) is 9.46. The van der Waals surface area contributed by atoms with Gasteiger partial charge in [-0.2, -0.15) is 0 Å². The molecule has 0 spiro atoms. The number of rotatable bonds is 5. The fraction of sp³-hybridized carbons (Fsp3) is 0.375. The van der Waals surface area contributed by atoms with Crippen LogP contribution in [-0.4, -0.2) is 15.1 Å². The monoisotopic (exact) mass is 272 g/mol. The van der Waals surface area contributed by atoms with Crippen LogP contribution in [0.5, 0.6) is 11.5 Å². The maximum Gasteiger partial charge on any atom is 0.169 e. The minimum Gasteiger partial charge on any atom is -0.453 e. The van der Waals surface area contributed by atoms with Crippen LogP contribution in [0.4, 0.5) is 0 Å². The van der Waals surface area contributed by atoms with Crippen LogP contribution in [0.25, 0.3) is 0 Å². The molecule has 0 aliphatic carbocycles. The molecule has 4 nitrogen and oxygen atoms in total. The lowest BCUT2D eigenvalue weighted by atomic mass is 10.1. The standard InChI is InChI=1S/C16H20N2O2/c1-4-12-7-5-6-8-14(12)20-15-9-17-16(11(2)3)18-13(15)10-19/h5-9,11,19H,4,10H2,1-3H3. The molecule has 1 N–H and O–H groups in total. The highest BCUT2D eigenvalue weighted by molar-refractivity contribution is 5.38. The fourth-order valence-corrected chi connectivity index (χ4v) is 1.91. The van der Waals surface area contributed by atoms with Gasteiger partial charge in [0, 0.05) is 5.92 Å². The van der Waals surface area contributed by atoms with Gasteiger partial charge in [0.15, 0.2) is 5.75 Å².